The van der Waals surface area contributed by atoms with Crippen LogP contribution in [-0.4, -0.2) is 109 Å². The molecule has 1 aliphatic rings. The SMILES string of the molecule is Brc1ccc(-c2ccnc(Nc3cccc(CN4CCNCC4)c3)n2)s1.CC(C)NCc1cccc(Nc2nccc(-c3ccc(Br)s3)n2)c1.CN(C)CCCNCc1cccc(Nc2nccc(-c3ccc(Br)s3)n2)c1.Cc1cccc(Nc2nccc(-c3cc(Br)cs3)n2)c1. The van der Waals surface area contributed by atoms with E-state index in [1.54, 1.807) is 70.1 Å². The lowest BCUT2D eigenvalue weighted by Gasteiger charge is -2.27. The molecule has 12 aromatic rings. The van der Waals surface area contributed by atoms with Gasteiger partial charge < -0.3 is 42.1 Å². The highest BCUT2D eigenvalue weighted by Gasteiger charge is 2.13. The van der Waals surface area contributed by atoms with Crippen molar-refractivity contribution in [2.24, 2.45) is 0 Å². The first-order valence-corrected chi connectivity index (χ1v) is 37.9. The molecule has 0 bridgehead atoms. The fraction of sp³-hybridized carbons (Fsp3) is 0.222. The van der Waals surface area contributed by atoms with Gasteiger partial charge in [0.2, 0.25) is 23.8 Å². The van der Waals surface area contributed by atoms with E-state index in [1.165, 1.54) is 22.3 Å². The molecule has 0 saturated carbocycles. The maximum Gasteiger partial charge on any atom is 0.227 e. The van der Waals surface area contributed by atoms with Crippen LogP contribution < -0.4 is 37.2 Å². The standard InChI is InChI=1S/C20H24BrN5S.C19H20BrN5S.C18H19BrN4S.C15H12BrN3S/c1-26(2)12-4-10-22-14-15-5-3-6-16(13-15)24-20-23-11-9-17(25-20)18-7-8-19(21)27-18;20-18-5-4-17(26-18)16-6-7-22-19(24-16)23-15-3-1-2-14(12-15)13-25-10-8-21-9-11-25;1-12(2)21-11-13-4-3-5-14(10-13)22-18-20-9-8-15(23-18)16-6-7-17(19)24-16;1-10-3-2-4-12(7-10)18-15-17-6-5-13(19-15)14-8-11(16)9-20-14/h3,5-9,11,13,22H,4,10,12,14H2,1-2H3,(H,23,24,25);1-7,12,21H,8-11,13H2,(H,22,23,24);3-10,12,21H,11H2,1-2H3,(H,20,22,23);2-9H,1H3,(H,17,18,19). The van der Waals surface area contributed by atoms with Crippen molar-refractivity contribution in [1.82, 2.24) is 65.6 Å². The molecule has 0 spiro atoms. The molecule has 17 nitrogen and oxygen atoms in total. The topological polar surface area (TPSA) is 194 Å². The van der Waals surface area contributed by atoms with Crippen LogP contribution in [0.1, 0.15) is 42.5 Å². The van der Waals surface area contributed by atoms with Crippen LogP contribution in [0.3, 0.4) is 0 Å². The maximum atomic E-state index is 4.65. The summed E-state index contributed by atoms with van der Waals surface area (Å²) in [5.41, 5.74) is 12.6. The van der Waals surface area contributed by atoms with E-state index in [9.17, 15) is 0 Å². The number of aryl methyl sites for hydroxylation is 1. The van der Waals surface area contributed by atoms with Crippen LogP contribution in [-0.2, 0) is 19.6 Å². The third-order valence-corrected chi connectivity index (χ3v) is 21.0. The average Bonchev–Trinajstić information content (AvgIpc) is 1.98. The molecule has 0 radical (unpaired) electrons. The molecule has 1 saturated heterocycles. The number of nitrogens with one attached hydrogen (secondary N) is 7. The molecule has 4 aromatic carbocycles. The second-order valence-corrected chi connectivity index (χ2v) is 32.1. The summed E-state index contributed by atoms with van der Waals surface area (Å²) in [5, 5.41) is 25.5. The Morgan fingerprint density at radius 3 is 1.33 bits per heavy atom. The normalized spacial score (nSPS) is 12.0. The Morgan fingerprint density at radius 1 is 0.495 bits per heavy atom. The van der Waals surface area contributed by atoms with Gasteiger partial charge in [0.15, 0.2) is 0 Å². The largest absolute Gasteiger partial charge is 0.324 e. The quantitative estimate of drug-likeness (QED) is 0.0299. The monoisotopic (exact) mass is 1620 g/mol. The second-order valence-electron chi connectivity index (χ2n) is 22.9. The predicted molar refractivity (Wildman–Crippen MR) is 421 cm³/mol. The zero-order valence-electron chi connectivity index (χ0n) is 54.2. The summed E-state index contributed by atoms with van der Waals surface area (Å²) in [4.78, 5) is 44.9. The lowest BCUT2D eigenvalue weighted by molar-refractivity contribution is 0.233. The van der Waals surface area contributed by atoms with Crippen LogP contribution in [0.5, 0.6) is 0 Å². The molecule has 9 heterocycles. The Kier molecular flexibility index (Phi) is 28.3. The van der Waals surface area contributed by atoms with E-state index in [4.69, 9.17) is 0 Å². The summed E-state index contributed by atoms with van der Waals surface area (Å²) in [6, 6.07) is 55.8. The number of piperazine rings is 1. The highest BCUT2D eigenvalue weighted by Crippen LogP contribution is 2.34. The van der Waals surface area contributed by atoms with Gasteiger partial charge in [-0.05, 0) is 242 Å². The van der Waals surface area contributed by atoms with E-state index < -0.39 is 0 Å². The molecule has 500 valence electrons. The van der Waals surface area contributed by atoms with Crippen molar-refractivity contribution in [3.63, 3.8) is 0 Å². The molecule has 13 rings (SSSR count). The minimum absolute atomic E-state index is 0.465. The number of thiophene rings is 4. The molecule has 0 amide bonds. The zero-order valence-corrected chi connectivity index (χ0v) is 63.9. The summed E-state index contributed by atoms with van der Waals surface area (Å²) >= 11 is 20.6. The van der Waals surface area contributed by atoms with Crippen molar-refractivity contribution >= 4 is 156 Å². The Morgan fingerprint density at radius 2 is 0.918 bits per heavy atom. The Bertz CT molecular complexity index is 4400. The number of hydrogen-bond acceptors (Lipinski definition) is 21. The molecule has 0 aliphatic carbocycles. The average molecular weight is 1630 g/mol. The van der Waals surface area contributed by atoms with Gasteiger partial charge in [0.1, 0.15) is 0 Å². The highest BCUT2D eigenvalue weighted by atomic mass is 79.9. The fourth-order valence-corrected chi connectivity index (χ4v) is 15.2. The molecule has 1 aliphatic heterocycles. The zero-order chi connectivity index (χ0) is 67.7. The van der Waals surface area contributed by atoms with Crippen LogP contribution in [0.2, 0.25) is 0 Å². The van der Waals surface area contributed by atoms with Gasteiger partial charge in [0.05, 0.1) is 53.6 Å². The summed E-state index contributed by atoms with van der Waals surface area (Å²) in [6.07, 6.45) is 8.28. The van der Waals surface area contributed by atoms with Crippen LogP contribution in [0.25, 0.3) is 42.3 Å². The number of benzene rings is 4. The van der Waals surface area contributed by atoms with Gasteiger partial charge in [-0.1, -0.05) is 62.4 Å². The first-order chi connectivity index (χ1) is 47.2. The van der Waals surface area contributed by atoms with Crippen molar-refractivity contribution in [1.29, 1.82) is 0 Å². The molecule has 97 heavy (non-hydrogen) atoms. The molecular formula is C72H75Br4N17S4. The lowest BCUT2D eigenvalue weighted by atomic mass is 10.2. The molecular weight excluding hydrogens is 1550 g/mol. The summed E-state index contributed by atoms with van der Waals surface area (Å²) in [5.74, 6) is 2.43. The summed E-state index contributed by atoms with van der Waals surface area (Å²) in [6.45, 7) is 15.5. The van der Waals surface area contributed by atoms with E-state index >= 15 is 0 Å². The predicted octanol–water partition coefficient (Wildman–Crippen LogP) is 19.1. The lowest BCUT2D eigenvalue weighted by Crippen LogP contribution is -2.42. The van der Waals surface area contributed by atoms with E-state index in [1.807, 2.05) is 78.2 Å². The first-order valence-electron chi connectivity index (χ1n) is 31.4. The van der Waals surface area contributed by atoms with Crippen molar-refractivity contribution in [3.8, 4) is 42.3 Å². The van der Waals surface area contributed by atoms with Gasteiger partial charge in [-0.15, -0.1) is 45.3 Å². The van der Waals surface area contributed by atoms with Gasteiger partial charge >= 0.3 is 0 Å². The van der Waals surface area contributed by atoms with Crippen LogP contribution in [0.15, 0.2) is 210 Å². The maximum absolute atomic E-state index is 4.65. The Labute approximate surface area is 617 Å². The number of aromatic nitrogens is 8. The van der Waals surface area contributed by atoms with Crippen molar-refractivity contribution in [2.45, 2.75) is 52.9 Å². The van der Waals surface area contributed by atoms with Gasteiger partial charge in [-0.2, -0.15) is 0 Å². The minimum atomic E-state index is 0.465. The van der Waals surface area contributed by atoms with E-state index in [-0.39, 0.29) is 0 Å². The van der Waals surface area contributed by atoms with E-state index in [2.05, 4.69) is 276 Å². The van der Waals surface area contributed by atoms with Crippen LogP contribution >= 0.6 is 109 Å². The number of halogens is 4. The molecule has 0 atom stereocenters. The number of anilines is 8. The summed E-state index contributed by atoms with van der Waals surface area (Å²) in [7, 11) is 4.20. The number of nitrogens with zero attached hydrogens (tertiary/aromatic N) is 10. The number of hydrogen-bond donors (Lipinski definition) is 7. The van der Waals surface area contributed by atoms with Crippen LogP contribution in [0.4, 0.5) is 46.5 Å². The third-order valence-electron chi connectivity index (χ3n) is 14.4. The van der Waals surface area contributed by atoms with Crippen molar-refractivity contribution in [3.05, 3.63) is 232 Å². The highest BCUT2D eigenvalue weighted by molar-refractivity contribution is 9.11. The third kappa shape index (κ3) is 24.4. The molecule has 25 heteroatoms. The Balaban J connectivity index is 0.000000141. The van der Waals surface area contributed by atoms with Gasteiger partial charge in [0.25, 0.3) is 0 Å². The van der Waals surface area contributed by atoms with Crippen LogP contribution in [0, 0.1) is 6.92 Å². The van der Waals surface area contributed by atoms with Crippen molar-refractivity contribution < 1.29 is 0 Å². The van der Waals surface area contributed by atoms with E-state index in [0.29, 0.717) is 29.8 Å². The molecule has 1 fully saturated rings. The first kappa shape index (κ1) is 72.7. The summed E-state index contributed by atoms with van der Waals surface area (Å²) < 4.78 is 4.36. The van der Waals surface area contributed by atoms with Gasteiger partial charge in [-0.25, -0.2) is 39.9 Å². The van der Waals surface area contributed by atoms with Crippen molar-refractivity contribution in [2.75, 3.05) is 74.6 Å². The Hall–Kier alpha value is -7.08. The molecule has 8 aromatic heterocycles. The minimum Gasteiger partial charge on any atom is -0.324 e. The van der Waals surface area contributed by atoms with E-state index in [0.717, 1.165) is 146 Å². The van der Waals surface area contributed by atoms with Gasteiger partial charge in [-0.3, -0.25) is 4.90 Å². The fourth-order valence-electron chi connectivity index (χ4n) is 9.74. The van der Waals surface area contributed by atoms with Gasteiger partial charge in [0, 0.05) is 109 Å². The molecule has 7 N–H and O–H groups in total. The smallest absolute Gasteiger partial charge is 0.227 e. The molecule has 0 unspecified atom stereocenters. The second kappa shape index (κ2) is 37.8. The number of rotatable bonds is 23.